The molecule has 3 rings (SSSR count). The summed E-state index contributed by atoms with van der Waals surface area (Å²) in [5.41, 5.74) is 3.04. The minimum atomic E-state index is -3.87. The molecule has 2 N–H and O–H groups in total. The van der Waals surface area contributed by atoms with E-state index in [9.17, 15) is 13.2 Å². The Balaban J connectivity index is 1.89. The van der Waals surface area contributed by atoms with E-state index in [1.54, 1.807) is 24.3 Å². The van der Waals surface area contributed by atoms with Crippen molar-refractivity contribution in [3.63, 3.8) is 0 Å². The van der Waals surface area contributed by atoms with E-state index in [0.29, 0.717) is 11.4 Å². The number of sulfonamides is 1. The summed E-state index contributed by atoms with van der Waals surface area (Å²) in [5, 5.41) is 2.90. The molecule has 0 atom stereocenters. The fourth-order valence-electron chi connectivity index (χ4n) is 2.69. The van der Waals surface area contributed by atoms with Gasteiger partial charge < -0.3 is 5.32 Å². The molecule has 0 aliphatic carbocycles. The van der Waals surface area contributed by atoms with Gasteiger partial charge in [-0.15, -0.1) is 0 Å². The van der Waals surface area contributed by atoms with Crippen molar-refractivity contribution in [1.82, 2.24) is 0 Å². The topological polar surface area (TPSA) is 75.3 Å². The number of aryl methyl sites for hydroxylation is 2. The molecule has 0 bridgehead atoms. The number of amides is 1. The summed E-state index contributed by atoms with van der Waals surface area (Å²) in [5.74, 6) is -0.483. The number of anilines is 2. The maximum Gasteiger partial charge on any atom is 0.261 e. The van der Waals surface area contributed by atoms with E-state index in [1.807, 2.05) is 38.1 Å². The normalized spacial score (nSPS) is 11.1. The molecule has 0 saturated carbocycles. The van der Waals surface area contributed by atoms with Crippen molar-refractivity contribution in [3.05, 3.63) is 88.4 Å². The van der Waals surface area contributed by atoms with Gasteiger partial charge in [0, 0.05) is 11.4 Å². The summed E-state index contributed by atoms with van der Waals surface area (Å²) in [6.07, 6.45) is 0. The lowest BCUT2D eigenvalue weighted by molar-refractivity contribution is 0.102. The summed E-state index contributed by atoms with van der Waals surface area (Å²) in [6, 6.07) is 18.3. The smallest absolute Gasteiger partial charge is 0.261 e. The van der Waals surface area contributed by atoms with Crippen LogP contribution < -0.4 is 10.0 Å². The van der Waals surface area contributed by atoms with Gasteiger partial charge in [0.05, 0.1) is 15.5 Å². The van der Waals surface area contributed by atoms with Crippen LogP contribution in [0.15, 0.2) is 71.6 Å². The van der Waals surface area contributed by atoms with Crippen LogP contribution in [-0.2, 0) is 10.0 Å². The molecule has 0 heterocycles. The molecule has 0 fully saturated rings. The Kier molecular flexibility index (Phi) is 5.72. The highest BCUT2D eigenvalue weighted by atomic mass is 35.5. The fraction of sp³-hybridized carbons (Fsp3) is 0.0952. The van der Waals surface area contributed by atoms with Gasteiger partial charge in [0.25, 0.3) is 15.9 Å². The lowest BCUT2D eigenvalue weighted by Crippen LogP contribution is -2.16. The largest absolute Gasteiger partial charge is 0.322 e. The molecule has 0 radical (unpaired) electrons. The number of hydrogen-bond acceptors (Lipinski definition) is 3. The number of hydrogen-bond donors (Lipinski definition) is 2. The van der Waals surface area contributed by atoms with Gasteiger partial charge in [-0.05, 0) is 67.4 Å². The molecule has 3 aromatic rings. The second-order valence-corrected chi connectivity index (χ2v) is 8.53. The first kappa shape index (κ1) is 19.9. The van der Waals surface area contributed by atoms with Crippen molar-refractivity contribution in [2.75, 3.05) is 10.0 Å². The standard InChI is InChI=1S/C21H19ClN2O3S/c1-14-5-3-7-16(11-14)23-21(25)19-13-18(9-10-20(19)22)28(26,27)24-17-8-4-6-15(2)12-17/h3-13,24H,1-2H3,(H,23,25). The lowest BCUT2D eigenvalue weighted by Gasteiger charge is -2.12. The fourth-order valence-corrected chi connectivity index (χ4v) is 3.97. The van der Waals surface area contributed by atoms with Crippen molar-refractivity contribution in [1.29, 1.82) is 0 Å². The van der Waals surface area contributed by atoms with E-state index < -0.39 is 15.9 Å². The van der Waals surface area contributed by atoms with Crippen molar-refractivity contribution in [2.45, 2.75) is 18.7 Å². The third-order valence-electron chi connectivity index (χ3n) is 4.04. The predicted octanol–water partition coefficient (Wildman–Crippen LogP) is 5.01. The molecule has 0 aliphatic rings. The summed E-state index contributed by atoms with van der Waals surface area (Å²) >= 11 is 6.14. The molecule has 0 saturated heterocycles. The average Bonchev–Trinajstić information content (AvgIpc) is 2.61. The first-order valence-electron chi connectivity index (χ1n) is 8.52. The molecular weight excluding hydrogens is 396 g/mol. The van der Waals surface area contributed by atoms with Gasteiger partial charge in [-0.25, -0.2) is 8.42 Å². The summed E-state index contributed by atoms with van der Waals surface area (Å²) in [4.78, 5) is 12.6. The summed E-state index contributed by atoms with van der Waals surface area (Å²) in [7, 11) is -3.87. The van der Waals surface area contributed by atoms with E-state index in [-0.39, 0.29) is 15.5 Å². The van der Waals surface area contributed by atoms with E-state index in [2.05, 4.69) is 10.0 Å². The molecule has 0 spiro atoms. The molecular formula is C21H19ClN2O3S. The molecule has 3 aromatic carbocycles. The minimum Gasteiger partial charge on any atom is -0.322 e. The molecule has 1 amide bonds. The van der Waals surface area contributed by atoms with Crippen LogP contribution in [0, 0.1) is 13.8 Å². The van der Waals surface area contributed by atoms with Crippen molar-refractivity contribution >= 4 is 38.9 Å². The predicted molar refractivity (Wildman–Crippen MR) is 113 cm³/mol. The Morgan fingerprint density at radius 1 is 0.857 bits per heavy atom. The highest BCUT2D eigenvalue weighted by Crippen LogP contribution is 2.24. The number of halogens is 1. The van der Waals surface area contributed by atoms with Gasteiger partial charge in [-0.3, -0.25) is 9.52 Å². The van der Waals surface area contributed by atoms with Crippen LogP contribution in [0.2, 0.25) is 5.02 Å². The molecule has 0 aromatic heterocycles. The van der Waals surface area contributed by atoms with E-state index >= 15 is 0 Å². The maximum atomic E-state index is 12.7. The monoisotopic (exact) mass is 414 g/mol. The van der Waals surface area contributed by atoms with Crippen LogP contribution in [0.3, 0.4) is 0 Å². The Labute approximate surface area is 169 Å². The Hall–Kier alpha value is -2.83. The van der Waals surface area contributed by atoms with Crippen LogP contribution in [0.1, 0.15) is 21.5 Å². The van der Waals surface area contributed by atoms with Crippen molar-refractivity contribution in [3.8, 4) is 0 Å². The van der Waals surface area contributed by atoms with Gasteiger partial charge >= 0.3 is 0 Å². The quantitative estimate of drug-likeness (QED) is 0.616. The zero-order valence-electron chi connectivity index (χ0n) is 15.4. The molecule has 7 heteroatoms. The lowest BCUT2D eigenvalue weighted by atomic mass is 10.2. The maximum absolute atomic E-state index is 12.7. The number of nitrogens with one attached hydrogen (secondary N) is 2. The highest BCUT2D eigenvalue weighted by molar-refractivity contribution is 7.92. The van der Waals surface area contributed by atoms with Gasteiger partial charge in [-0.2, -0.15) is 0 Å². The third kappa shape index (κ3) is 4.71. The van der Waals surface area contributed by atoms with E-state index in [0.717, 1.165) is 11.1 Å². The van der Waals surface area contributed by atoms with Crippen LogP contribution in [0.5, 0.6) is 0 Å². The van der Waals surface area contributed by atoms with Crippen LogP contribution in [0.4, 0.5) is 11.4 Å². The van der Waals surface area contributed by atoms with E-state index in [4.69, 9.17) is 11.6 Å². The number of carbonyl (C=O) groups is 1. The van der Waals surface area contributed by atoms with Crippen LogP contribution in [0.25, 0.3) is 0 Å². The number of benzene rings is 3. The zero-order valence-corrected chi connectivity index (χ0v) is 16.9. The second-order valence-electron chi connectivity index (χ2n) is 6.44. The molecule has 0 unspecified atom stereocenters. The Bertz CT molecular complexity index is 1140. The molecule has 0 aliphatic heterocycles. The Morgan fingerprint density at radius 2 is 1.46 bits per heavy atom. The van der Waals surface area contributed by atoms with E-state index in [1.165, 1.54) is 18.2 Å². The molecule has 28 heavy (non-hydrogen) atoms. The van der Waals surface area contributed by atoms with Crippen LogP contribution in [-0.4, -0.2) is 14.3 Å². The van der Waals surface area contributed by atoms with Crippen LogP contribution >= 0.6 is 11.6 Å². The molecule has 144 valence electrons. The number of rotatable bonds is 5. The number of carbonyl (C=O) groups excluding carboxylic acids is 1. The summed E-state index contributed by atoms with van der Waals surface area (Å²) < 4.78 is 27.9. The van der Waals surface area contributed by atoms with Gasteiger partial charge in [-0.1, -0.05) is 35.9 Å². The van der Waals surface area contributed by atoms with Gasteiger partial charge in [0.15, 0.2) is 0 Å². The van der Waals surface area contributed by atoms with Crippen molar-refractivity contribution < 1.29 is 13.2 Å². The first-order valence-corrected chi connectivity index (χ1v) is 10.4. The second kappa shape index (κ2) is 8.04. The Morgan fingerprint density at radius 3 is 2.11 bits per heavy atom. The third-order valence-corrected chi connectivity index (χ3v) is 5.75. The minimum absolute atomic E-state index is 0.0483. The van der Waals surface area contributed by atoms with Crippen molar-refractivity contribution in [2.24, 2.45) is 0 Å². The van der Waals surface area contributed by atoms with Gasteiger partial charge in [0.2, 0.25) is 0 Å². The first-order chi connectivity index (χ1) is 13.2. The zero-order chi connectivity index (χ0) is 20.3. The molecule has 5 nitrogen and oxygen atoms in total. The SMILES string of the molecule is Cc1cccc(NC(=O)c2cc(S(=O)(=O)Nc3cccc(C)c3)ccc2Cl)c1. The highest BCUT2D eigenvalue weighted by Gasteiger charge is 2.19. The van der Waals surface area contributed by atoms with Gasteiger partial charge in [0.1, 0.15) is 0 Å². The summed E-state index contributed by atoms with van der Waals surface area (Å²) in [6.45, 7) is 3.78. The average molecular weight is 415 g/mol.